The van der Waals surface area contributed by atoms with E-state index in [4.69, 9.17) is 0 Å². The smallest absolute Gasteiger partial charge is 0.320 e. The van der Waals surface area contributed by atoms with E-state index in [9.17, 15) is 18.4 Å². The Morgan fingerprint density at radius 2 is 1.96 bits per heavy atom. The highest BCUT2D eigenvalue weighted by molar-refractivity contribution is 5.82. The van der Waals surface area contributed by atoms with E-state index in [1.165, 1.54) is 22.9 Å². The fraction of sp³-hybridized carbons (Fsp3) is 0.176. The fourth-order valence-corrected chi connectivity index (χ4v) is 2.86. The SMILES string of the molecule is C=C1NC(=O)NC1(Cn1cccc(C)c1=O)c1cccc(F)c1F. The Balaban J connectivity index is 2.19. The first-order chi connectivity index (χ1) is 11.3. The highest BCUT2D eigenvalue weighted by Gasteiger charge is 2.45. The van der Waals surface area contributed by atoms with Crippen LogP contribution < -0.4 is 16.2 Å². The normalized spacial score (nSPS) is 20.0. The van der Waals surface area contributed by atoms with E-state index < -0.39 is 23.2 Å². The molecule has 124 valence electrons. The van der Waals surface area contributed by atoms with Crippen molar-refractivity contribution in [1.29, 1.82) is 0 Å². The molecule has 24 heavy (non-hydrogen) atoms. The number of hydrogen-bond donors (Lipinski definition) is 2. The topological polar surface area (TPSA) is 63.1 Å². The van der Waals surface area contributed by atoms with E-state index in [1.807, 2.05) is 0 Å². The Bertz CT molecular complexity index is 907. The maximum Gasteiger partial charge on any atom is 0.320 e. The van der Waals surface area contributed by atoms with Gasteiger partial charge >= 0.3 is 6.03 Å². The molecule has 2 N–H and O–H groups in total. The standard InChI is InChI=1S/C17H15F2N3O2/c1-10-5-4-8-22(15(10)23)9-17(11(2)20-16(24)21-17)12-6-3-7-13(18)14(12)19/h3-8H,2,9H2,1H3,(H2,20,21,24). The summed E-state index contributed by atoms with van der Waals surface area (Å²) in [6.45, 7) is 5.28. The second-order valence-corrected chi connectivity index (χ2v) is 5.69. The molecule has 0 spiro atoms. The van der Waals surface area contributed by atoms with Gasteiger partial charge in [-0.05, 0) is 19.1 Å². The lowest BCUT2D eigenvalue weighted by molar-refractivity contribution is 0.241. The molecule has 7 heteroatoms. The zero-order valence-electron chi connectivity index (χ0n) is 12.9. The van der Waals surface area contributed by atoms with Crippen LogP contribution >= 0.6 is 0 Å². The van der Waals surface area contributed by atoms with Gasteiger partial charge in [0.1, 0.15) is 5.54 Å². The van der Waals surface area contributed by atoms with Crippen molar-refractivity contribution in [2.75, 3.05) is 0 Å². The number of rotatable bonds is 3. The quantitative estimate of drug-likeness (QED) is 0.905. The van der Waals surface area contributed by atoms with E-state index in [0.29, 0.717) is 5.56 Å². The van der Waals surface area contributed by atoms with Crippen molar-refractivity contribution in [1.82, 2.24) is 15.2 Å². The van der Waals surface area contributed by atoms with E-state index >= 15 is 0 Å². The van der Waals surface area contributed by atoms with Gasteiger partial charge in [-0.2, -0.15) is 0 Å². The number of hydrogen-bond acceptors (Lipinski definition) is 2. The van der Waals surface area contributed by atoms with Gasteiger partial charge in [0.15, 0.2) is 11.6 Å². The average Bonchev–Trinajstić information content (AvgIpc) is 2.81. The van der Waals surface area contributed by atoms with Gasteiger partial charge in [0, 0.05) is 23.0 Å². The van der Waals surface area contributed by atoms with Gasteiger partial charge in [0.2, 0.25) is 0 Å². The van der Waals surface area contributed by atoms with Crippen molar-refractivity contribution in [2.24, 2.45) is 0 Å². The van der Waals surface area contributed by atoms with Gasteiger partial charge in [-0.25, -0.2) is 13.6 Å². The molecule has 0 bridgehead atoms. The van der Waals surface area contributed by atoms with E-state index in [2.05, 4.69) is 17.2 Å². The van der Waals surface area contributed by atoms with Gasteiger partial charge in [0.05, 0.1) is 6.54 Å². The van der Waals surface area contributed by atoms with Crippen molar-refractivity contribution in [3.8, 4) is 0 Å². The molecule has 0 saturated carbocycles. The molecule has 1 unspecified atom stereocenters. The molecule has 1 aliphatic heterocycles. The van der Waals surface area contributed by atoms with Crippen molar-refractivity contribution in [3.63, 3.8) is 0 Å². The third-order valence-electron chi connectivity index (χ3n) is 4.14. The molecule has 1 atom stereocenters. The number of benzene rings is 1. The minimum atomic E-state index is -1.47. The predicted molar refractivity (Wildman–Crippen MR) is 84.3 cm³/mol. The molecule has 0 aliphatic carbocycles. The molecule has 1 fully saturated rings. The minimum absolute atomic E-state index is 0.0979. The molecule has 2 heterocycles. The zero-order chi connectivity index (χ0) is 17.5. The molecule has 1 aromatic carbocycles. The first-order valence-corrected chi connectivity index (χ1v) is 7.24. The Morgan fingerprint density at radius 3 is 2.62 bits per heavy atom. The van der Waals surface area contributed by atoms with Crippen molar-refractivity contribution in [3.05, 3.63) is 81.9 Å². The number of pyridine rings is 1. The van der Waals surface area contributed by atoms with Crippen LogP contribution in [-0.4, -0.2) is 10.6 Å². The molecule has 0 radical (unpaired) electrons. The van der Waals surface area contributed by atoms with Crippen LogP contribution in [0.4, 0.5) is 13.6 Å². The average molecular weight is 331 g/mol. The number of nitrogens with one attached hydrogen (secondary N) is 2. The third-order valence-corrected chi connectivity index (χ3v) is 4.14. The van der Waals surface area contributed by atoms with Gasteiger partial charge in [-0.1, -0.05) is 24.8 Å². The van der Waals surface area contributed by atoms with Crippen molar-refractivity contribution < 1.29 is 13.6 Å². The zero-order valence-corrected chi connectivity index (χ0v) is 12.9. The number of carbonyl (C=O) groups is 1. The molecule has 1 saturated heterocycles. The lowest BCUT2D eigenvalue weighted by Crippen LogP contribution is -2.46. The van der Waals surface area contributed by atoms with Gasteiger partial charge in [-0.3, -0.25) is 4.79 Å². The summed E-state index contributed by atoms with van der Waals surface area (Å²) >= 11 is 0. The summed E-state index contributed by atoms with van der Waals surface area (Å²) in [5.41, 5.74) is -1.22. The summed E-state index contributed by atoms with van der Waals surface area (Å²) < 4.78 is 29.4. The molecule has 3 rings (SSSR count). The van der Waals surface area contributed by atoms with Crippen LogP contribution in [0, 0.1) is 18.6 Å². The number of aromatic nitrogens is 1. The highest BCUT2D eigenvalue weighted by Crippen LogP contribution is 2.34. The second kappa shape index (κ2) is 5.59. The van der Waals surface area contributed by atoms with E-state index in [1.54, 1.807) is 19.1 Å². The molecule has 1 aliphatic rings. The fourth-order valence-electron chi connectivity index (χ4n) is 2.86. The number of carbonyl (C=O) groups excluding carboxylic acids is 1. The monoisotopic (exact) mass is 331 g/mol. The molecular weight excluding hydrogens is 316 g/mol. The predicted octanol–water partition coefficient (Wildman–Crippen LogP) is 2.16. The van der Waals surface area contributed by atoms with Crippen LogP contribution in [0.3, 0.4) is 0 Å². The highest BCUT2D eigenvalue weighted by atomic mass is 19.2. The third kappa shape index (κ3) is 2.38. The minimum Gasteiger partial charge on any atom is -0.321 e. The number of amides is 2. The van der Waals surface area contributed by atoms with Crippen LogP contribution in [-0.2, 0) is 12.1 Å². The summed E-state index contributed by atoms with van der Waals surface area (Å²) in [7, 11) is 0. The van der Waals surface area contributed by atoms with Crippen LogP contribution in [0.2, 0.25) is 0 Å². The van der Waals surface area contributed by atoms with E-state index in [0.717, 1.165) is 6.07 Å². The van der Waals surface area contributed by atoms with E-state index in [-0.39, 0.29) is 23.4 Å². The largest absolute Gasteiger partial charge is 0.321 e. The Labute approximate surface area is 136 Å². The molecular formula is C17H15F2N3O2. The molecule has 1 aromatic heterocycles. The van der Waals surface area contributed by atoms with Crippen molar-refractivity contribution in [2.45, 2.75) is 19.0 Å². The summed E-state index contributed by atoms with van der Waals surface area (Å²) in [5, 5.41) is 5.04. The Morgan fingerprint density at radius 1 is 1.21 bits per heavy atom. The summed E-state index contributed by atoms with van der Waals surface area (Å²) in [5.74, 6) is -2.14. The van der Waals surface area contributed by atoms with Crippen LogP contribution in [0.1, 0.15) is 11.1 Å². The first kappa shape index (κ1) is 15.9. The number of nitrogens with zero attached hydrogens (tertiary/aromatic N) is 1. The lowest BCUT2D eigenvalue weighted by Gasteiger charge is -2.31. The second-order valence-electron chi connectivity index (χ2n) is 5.69. The van der Waals surface area contributed by atoms with Crippen LogP contribution in [0.15, 0.2) is 53.6 Å². The van der Waals surface area contributed by atoms with Gasteiger partial charge < -0.3 is 15.2 Å². The maximum absolute atomic E-state index is 14.4. The maximum atomic E-state index is 14.4. The number of urea groups is 1. The summed E-state index contributed by atoms with van der Waals surface area (Å²) in [4.78, 5) is 24.1. The molecule has 2 aromatic rings. The first-order valence-electron chi connectivity index (χ1n) is 7.24. The van der Waals surface area contributed by atoms with Crippen molar-refractivity contribution >= 4 is 6.03 Å². The molecule has 5 nitrogen and oxygen atoms in total. The Hall–Kier alpha value is -2.96. The Kier molecular flexibility index (Phi) is 3.71. The number of halogens is 2. The van der Waals surface area contributed by atoms with Crippen LogP contribution in [0.5, 0.6) is 0 Å². The number of aryl methyl sites for hydroxylation is 1. The van der Waals surface area contributed by atoms with Gasteiger partial charge in [-0.15, -0.1) is 0 Å². The summed E-state index contributed by atoms with van der Waals surface area (Å²) in [6.07, 6.45) is 1.52. The van der Waals surface area contributed by atoms with Crippen LogP contribution in [0.25, 0.3) is 0 Å². The summed E-state index contributed by atoms with van der Waals surface area (Å²) in [6, 6.07) is 6.40. The van der Waals surface area contributed by atoms with Gasteiger partial charge in [0.25, 0.3) is 5.56 Å². The lowest BCUT2D eigenvalue weighted by atomic mass is 9.87. The molecule has 2 amide bonds.